The first-order chi connectivity index (χ1) is 6.48. The van der Waals surface area contributed by atoms with E-state index >= 15 is 0 Å². The average molecular weight is 210 g/mol. The summed E-state index contributed by atoms with van der Waals surface area (Å²) in [5.41, 5.74) is -0.893. The second-order valence-corrected chi connectivity index (χ2v) is 4.88. The van der Waals surface area contributed by atoms with Crippen molar-refractivity contribution in [2.24, 2.45) is 0 Å². The van der Waals surface area contributed by atoms with E-state index in [-0.39, 0.29) is 5.82 Å². The van der Waals surface area contributed by atoms with E-state index in [1.807, 2.05) is 12.1 Å². The summed E-state index contributed by atoms with van der Waals surface area (Å²) in [5.74, 6) is -0.219. The van der Waals surface area contributed by atoms with Gasteiger partial charge in [0.05, 0.1) is 10.3 Å². The Morgan fingerprint density at radius 3 is 2.64 bits per heavy atom. The minimum Gasteiger partial charge on any atom is -0.385 e. The van der Waals surface area contributed by atoms with Crippen molar-refractivity contribution in [2.75, 3.05) is 0 Å². The maximum absolute atomic E-state index is 13.3. The summed E-state index contributed by atoms with van der Waals surface area (Å²) in [6.07, 6.45) is 0. The monoisotopic (exact) mass is 210 g/mol. The third kappa shape index (κ3) is 1.53. The molecule has 0 unspecified atom stereocenters. The van der Waals surface area contributed by atoms with Crippen molar-refractivity contribution < 1.29 is 9.50 Å². The van der Waals surface area contributed by atoms with E-state index in [0.29, 0.717) is 4.70 Å². The molecule has 1 aromatic heterocycles. The standard InChI is InChI=1S/C11H11FOS/c1-11(2,13)9-6-7-4-3-5-8(12)10(7)14-9/h3-6,13H,1-2H3. The highest BCUT2D eigenvalue weighted by atomic mass is 32.1. The third-order valence-corrected chi connectivity index (χ3v) is 3.57. The molecule has 0 spiro atoms. The Morgan fingerprint density at radius 1 is 1.36 bits per heavy atom. The largest absolute Gasteiger partial charge is 0.385 e. The van der Waals surface area contributed by atoms with Gasteiger partial charge in [-0.3, -0.25) is 0 Å². The van der Waals surface area contributed by atoms with Gasteiger partial charge in [0.2, 0.25) is 0 Å². The fourth-order valence-corrected chi connectivity index (χ4v) is 2.39. The number of benzene rings is 1. The van der Waals surface area contributed by atoms with Crippen LogP contribution in [-0.4, -0.2) is 5.11 Å². The molecule has 0 atom stereocenters. The summed E-state index contributed by atoms with van der Waals surface area (Å²) < 4.78 is 13.9. The minimum atomic E-state index is -0.893. The van der Waals surface area contributed by atoms with Gasteiger partial charge >= 0.3 is 0 Å². The quantitative estimate of drug-likeness (QED) is 0.766. The van der Waals surface area contributed by atoms with Gasteiger partial charge in [-0.25, -0.2) is 4.39 Å². The van der Waals surface area contributed by atoms with Crippen LogP contribution < -0.4 is 0 Å². The van der Waals surface area contributed by atoms with E-state index in [1.54, 1.807) is 19.9 Å². The van der Waals surface area contributed by atoms with E-state index < -0.39 is 5.60 Å². The van der Waals surface area contributed by atoms with Gasteiger partial charge in [0.15, 0.2) is 0 Å². The summed E-state index contributed by atoms with van der Waals surface area (Å²) >= 11 is 1.31. The summed E-state index contributed by atoms with van der Waals surface area (Å²) in [7, 11) is 0. The van der Waals surface area contributed by atoms with Gasteiger partial charge in [-0.1, -0.05) is 12.1 Å². The van der Waals surface area contributed by atoms with E-state index in [4.69, 9.17) is 0 Å². The first kappa shape index (κ1) is 9.62. The SMILES string of the molecule is CC(C)(O)c1cc2cccc(F)c2s1. The average Bonchev–Trinajstić information content (AvgIpc) is 2.48. The molecule has 0 aliphatic rings. The predicted octanol–water partition coefficient (Wildman–Crippen LogP) is 3.27. The van der Waals surface area contributed by atoms with Crippen molar-refractivity contribution in [3.8, 4) is 0 Å². The highest BCUT2D eigenvalue weighted by molar-refractivity contribution is 7.19. The zero-order chi connectivity index (χ0) is 10.3. The topological polar surface area (TPSA) is 20.2 Å². The van der Waals surface area contributed by atoms with Crippen LogP contribution in [0.15, 0.2) is 24.3 Å². The van der Waals surface area contributed by atoms with Crippen LogP contribution in [0.4, 0.5) is 4.39 Å². The van der Waals surface area contributed by atoms with Gasteiger partial charge in [0, 0.05) is 4.88 Å². The van der Waals surface area contributed by atoms with Crippen LogP contribution >= 0.6 is 11.3 Å². The van der Waals surface area contributed by atoms with Gasteiger partial charge in [-0.15, -0.1) is 11.3 Å². The normalized spacial score (nSPS) is 12.3. The van der Waals surface area contributed by atoms with Crippen molar-refractivity contribution in [1.29, 1.82) is 0 Å². The lowest BCUT2D eigenvalue weighted by Crippen LogP contribution is -2.12. The third-order valence-electron chi connectivity index (χ3n) is 2.10. The number of hydrogen-bond donors (Lipinski definition) is 1. The highest BCUT2D eigenvalue weighted by Gasteiger charge is 2.19. The second kappa shape index (κ2) is 3.04. The highest BCUT2D eigenvalue weighted by Crippen LogP contribution is 2.34. The lowest BCUT2D eigenvalue weighted by molar-refractivity contribution is 0.0826. The zero-order valence-corrected chi connectivity index (χ0v) is 8.86. The first-order valence-electron chi connectivity index (χ1n) is 4.39. The molecule has 1 nitrogen and oxygen atoms in total. The van der Waals surface area contributed by atoms with Crippen LogP contribution in [0.25, 0.3) is 10.1 Å². The van der Waals surface area contributed by atoms with Crippen LogP contribution in [0.5, 0.6) is 0 Å². The molecule has 3 heteroatoms. The van der Waals surface area contributed by atoms with Gasteiger partial charge in [-0.2, -0.15) is 0 Å². The molecule has 0 bridgehead atoms. The maximum atomic E-state index is 13.3. The molecular weight excluding hydrogens is 199 g/mol. The number of rotatable bonds is 1. The molecule has 0 saturated carbocycles. The van der Waals surface area contributed by atoms with Crippen LogP contribution in [0, 0.1) is 5.82 Å². The Kier molecular flexibility index (Phi) is 2.09. The molecule has 0 radical (unpaired) electrons. The molecule has 1 heterocycles. The van der Waals surface area contributed by atoms with Gasteiger partial charge in [0.25, 0.3) is 0 Å². The Balaban J connectivity index is 2.69. The second-order valence-electron chi connectivity index (χ2n) is 3.83. The Bertz CT molecular complexity index is 468. The Morgan fingerprint density at radius 2 is 2.07 bits per heavy atom. The smallest absolute Gasteiger partial charge is 0.140 e. The summed E-state index contributed by atoms with van der Waals surface area (Å²) in [6.45, 7) is 3.41. The molecule has 2 aromatic rings. The molecule has 0 aliphatic heterocycles. The van der Waals surface area contributed by atoms with Crippen molar-refractivity contribution in [3.63, 3.8) is 0 Å². The fourth-order valence-electron chi connectivity index (χ4n) is 1.33. The molecule has 0 saturated heterocycles. The van der Waals surface area contributed by atoms with E-state index in [1.165, 1.54) is 17.4 Å². The number of hydrogen-bond acceptors (Lipinski definition) is 2. The Hall–Kier alpha value is -0.930. The number of halogens is 1. The fraction of sp³-hybridized carbons (Fsp3) is 0.273. The van der Waals surface area contributed by atoms with E-state index in [2.05, 4.69) is 0 Å². The van der Waals surface area contributed by atoms with Gasteiger partial charge < -0.3 is 5.11 Å². The number of thiophene rings is 1. The van der Waals surface area contributed by atoms with Crippen LogP contribution in [0.2, 0.25) is 0 Å². The van der Waals surface area contributed by atoms with E-state index in [0.717, 1.165) is 10.3 Å². The minimum absolute atomic E-state index is 0.219. The van der Waals surface area contributed by atoms with Crippen LogP contribution in [-0.2, 0) is 5.60 Å². The van der Waals surface area contributed by atoms with E-state index in [9.17, 15) is 9.50 Å². The molecule has 1 N–H and O–H groups in total. The lowest BCUT2D eigenvalue weighted by Gasteiger charge is -2.13. The van der Waals surface area contributed by atoms with Gasteiger partial charge in [0.1, 0.15) is 5.82 Å². The number of fused-ring (bicyclic) bond motifs is 1. The molecule has 0 fully saturated rings. The predicted molar refractivity (Wildman–Crippen MR) is 57.0 cm³/mol. The maximum Gasteiger partial charge on any atom is 0.140 e. The molecule has 1 aromatic carbocycles. The molecule has 2 rings (SSSR count). The van der Waals surface area contributed by atoms with Crippen molar-refractivity contribution >= 4 is 21.4 Å². The van der Waals surface area contributed by atoms with Gasteiger partial charge in [-0.05, 0) is 31.4 Å². The molecular formula is C11H11FOS. The van der Waals surface area contributed by atoms with Crippen molar-refractivity contribution in [1.82, 2.24) is 0 Å². The molecule has 14 heavy (non-hydrogen) atoms. The lowest BCUT2D eigenvalue weighted by atomic mass is 10.1. The summed E-state index contributed by atoms with van der Waals surface area (Å²) in [5, 5.41) is 10.6. The van der Waals surface area contributed by atoms with Crippen LogP contribution in [0.1, 0.15) is 18.7 Å². The first-order valence-corrected chi connectivity index (χ1v) is 5.21. The summed E-state index contributed by atoms with van der Waals surface area (Å²) in [4.78, 5) is 0.789. The van der Waals surface area contributed by atoms with Crippen LogP contribution in [0.3, 0.4) is 0 Å². The molecule has 0 aliphatic carbocycles. The summed E-state index contributed by atoms with van der Waals surface area (Å²) in [6, 6.07) is 6.80. The van der Waals surface area contributed by atoms with Crippen molar-refractivity contribution in [2.45, 2.75) is 19.4 Å². The van der Waals surface area contributed by atoms with Crippen molar-refractivity contribution in [3.05, 3.63) is 35.0 Å². The molecule has 0 amide bonds. The molecule has 74 valence electrons. The Labute approximate surface area is 85.8 Å². The zero-order valence-electron chi connectivity index (χ0n) is 8.04. The number of aliphatic hydroxyl groups is 1.